The van der Waals surface area contributed by atoms with Crippen molar-refractivity contribution in [3.05, 3.63) is 41.2 Å². The quantitative estimate of drug-likeness (QED) is 0.297. The summed E-state index contributed by atoms with van der Waals surface area (Å²) in [5.41, 5.74) is 2.39. The highest BCUT2D eigenvalue weighted by molar-refractivity contribution is 7.89. The SMILES string of the molecule is Cc1csc2c(OC3CCN(S(=O)(=O)c4ncccc4CCN(O)C=O)CC3)ncnc12. The van der Waals surface area contributed by atoms with Crippen molar-refractivity contribution in [2.75, 3.05) is 19.6 Å². The third-order valence-corrected chi connectivity index (χ3v) is 8.32. The van der Waals surface area contributed by atoms with E-state index in [1.165, 1.54) is 28.2 Å². The number of nitrogens with zero attached hydrogens (tertiary/aromatic N) is 5. The van der Waals surface area contributed by atoms with E-state index < -0.39 is 10.0 Å². The van der Waals surface area contributed by atoms with E-state index in [9.17, 15) is 18.4 Å². The summed E-state index contributed by atoms with van der Waals surface area (Å²) in [6.07, 6.45) is 4.24. The zero-order valence-corrected chi connectivity index (χ0v) is 19.0. The molecule has 1 N–H and O–H groups in total. The van der Waals surface area contributed by atoms with Gasteiger partial charge in [0.25, 0.3) is 10.0 Å². The van der Waals surface area contributed by atoms with Crippen LogP contribution in [0.5, 0.6) is 5.88 Å². The number of carbonyl (C=O) groups is 1. The van der Waals surface area contributed by atoms with Crippen molar-refractivity contribution in [3.63, 3.8) is 0 Å². The van der Waals surface area contributed by atoms with E-state index in [0.717, 1.165) is 15.8 Å². The van der Waals surface area contributed by atoms with Crippen molar-refractivity contribution >= 4 is 38.0 Å². The Labute approximate surface area is 189 Å². The molecule has 0 aromatic carbocycles. The summed E-state index contributed by atoms with van der Waals surface area (Å²) in [6, 6.07) is 3.27. The first kappa shape index (κ1) is 22.5. The Kier molecular flexibility index (Phi) is 6.65. The Morgan fingerprint density at radius 1 is 1.31 bits per heavy atom. The number of hydrogen-bond acceptors (Lipinski definition) is 9. The van der Waals surface area contributed by atoms with Gasteiger partial charge in [-0.2, -0.15) is 4.31 Å². The predicted molar refractivity (Wildman–Crippen MR) is 117 cm³/mol. The van der Waals surface area contributed by atoms with Crippen LogP contribution < -0.4 is 4.74 Å². The third-order valence-electron chi connectivity index (χ3n) is 5.34. The molecule has 3 aromatic heterocycles. The molecule has 0 radical (unpaired) electrons. The van der Waals surface area contributed by atoms with Gasteiger partial charge in [-0.15, -0.1) is 11.3 Å². The number of carbonyl (C=O) groups excluding carboxylic acids is 1. The Bertz CT molecular complexity index is 1210. The monoisotopic (exact) mass is 477 g/mol. The highest BCUT2D eigenvalue weighted by Gasteiger charge is 2.33. The van der Waals surface area contributed by atoms with Crippen molar-refractivity contribution in [1.29, 1.82) is 0 Å². The largest absolute Gasteiger partial charge is 0.473 e. The van der Waals surface area contributed by atoms with Gasteiger partial charge in [-0.1, -0.05) is 6.07 Å². The molecule has 4 rings (SSSR count). The highest BCUT2D eigenvalue weighted by atomic mass is 32.2. The number of sulfonamides is 1. The van der Waals surface area contributed by atoms with Crippen LogP contribution in [-0.4, -0.2) is 70.1 Å². The van der Waals surface area contributed by atoms with Gasteiger partial charge in [-0.05, 0) is 48.8 Å². The molecular weight excluding hydrogens is 454 g/mol. The van der Waals surface area contributed by atoms with E-state index in [4.69, 9.17) is 4.74 Å². The molecule has 1 fully saturated rings. The zero-order valence-electron chi connectivity index (χ0n) is 17.4. The van der Waals surface area contributed by atoms with Crippen molar-refractivity contribution in [2.45, 2.75) is 37.3 Å². The van der Waals surface area contributed by atoms with E-state index in [2.05, 4.69) is 15.0 Å². The number of hydrogen-bond donors (Lipinski definition) is 1. The van der Waals surface area contributed by atoms with E-state index in [-0.39, 0.29) is 30.5 Å². The summed E-state index contributed by atoms with van der Waals surface area (Å²) in [5, 5.41) is 11.8. The number of amides is 1. The van der Waals surface area contributed by atoms with Crippen LogP contribution in [-0.2, 0) is 21.2 Å². The van der Waals surface area contributed by atoms with Crippen LogP contribution in [0.3, 0.4) is 0 Å². The number of pyridine rings is 1. The average Bonchev–Trinajstić information content (AvgIpc) is 3.20. The molecule has 1 aliphatic rings. The van der Waals surface area contributed by atoms with E-state index >= 15 is 0 Å². The smallest absolute Gasteiger partial charge is 0.260 e. The predicted octanol–water partition coefficient (Wildman–Crippen LogP) is 2.02. The maximum atomic E-state index is 13.2. The average molecular weight is 478 g/mol. The molecule has 4 heterocycles. The molecular formula is C20H23N5O5S2. The van der Waals surface area contributed by atoms with Crippen LogP contribution in [0.15, 0.2) is 35.1 Å². The van der Waals surface area contributed by atoms with E-state index in [0.29, 0.717) is 42.4 Å². The molecule has 0 bridgehead atoms. The lowest BCUT2D eigenvalue weighted by atomic mass is 10.1. The number of thiophene rings is 1. The van der Waals surface area contributed by atoms with Gasteiger partial charge >= 0.3 is 0 Å². The lowest BCUT2D eigenvalue weighted by Crippen LogP contribution is -2.42. The van der Waals surface area contributed by atoms with Gasteiger partial charge in [0.1, 0.15) is 17.1 Å². The van der Waals surface area contributed by atoms with Gasteiger partial charge in [0.05, 0.1) is 12.1 Å². The fourth-order valence-electron chi connectivity index (χ4n) is 3.64. The second-order valence-corrected chi connectivity index (χ2v) is 10.2. The molecule has 32 heavy (non-hydrogen) atoms. The standard InChI is InChI=1S/C20H23N5O5S2/c1-14-11-31-18-17(14)22-12-23-19(18)30-16-5-9-25(10-6-16)32(28,29)20-15(3-2-7-21-20)4-8-24(27)13-26/h2-3,7,11-13,16,27H,4-6,8-10H2,1H3. The van der Waals surface area contributed by atoms with Gasteiger partial charge in [0.15, 0.2) is 5.03 Å². The Morgan fingerprint density at radius 2 is 2.09 bits per heavy atom. The number of rotatable bonds is 8. The van der Waals surface area contributed by atoms with Crippen LogP contribution >= 0.6 is 11.3 Å². The topological polar surface area (TPSA) is 126 Å². The number of aromatic nitrogens is 3. The molecule has 0 spiro atoms. The molecule has 0 unspecified atom stereocenters. The van der Waals surface area contributed by atoms with Crippen molar-refractivity contribution in [3.8, 4) is 5.88 Å². The number of hydroxylamine groups is 2. The minimum atomic E-state index is -3.82. The van der Waals surface area contributed by atoms with Gasteiger partial charge in [-0.3, -0.25) is 10.0 Å². The zero-order chi connectivity index (χ0) is 22.7. The summed E-state index contributed by atoms with van der Waals surface area (Å²) < 4.78 is 34.8. The number of fused-ring (bicyclic) bond motifs is 1. The van der Waals surface area contributed by atoms with Crippen molar-refractivity contribution in [2.24, 2.45) is 0 Å². The van der Waals surface area contributed by atoms with Crippen molar-refractivity contribution < 1.29 is 23.2 Å². The molecule has 1 amide bonds. The fourth-order valence-corrected chi connectivity index (χ4v) is 6.20. The second kappa shape index (κ2) is 9.45. The summed E-state index contributed by atoms with van der Waals surface area (Å²) in [4.78, 5) is 23.3. The van der Waals surface area contributed by atoms with Crippen LogP contribution in [0.2, 0.25) is 0 Å². The van der Waals surface area contributed by atoms with E-state index in [1.54, 1.807) is 12.1 Å². The Morgan fingerprint density at radius 3 is 2.84 bits per heavy atom. The first-order chi connectivity index (χ1) is 15.4. The summed E-state index contributed by atoms with van der Waals surface area (Å²) in [7, 11) is -3.82. The van der Waals surface area contributed by atoms with Crippen LogP contribution in [0, 0.1) is 6.92 Å². The molecule has 10 nitrogen and oxygen atoms in total. The molecule has 12 heteroatoms. The minimum absolute atomic E-state index is 0.0246. The Balaban J connectivity index is 1.44. The molecule has 0 atom stereocenters. The first-order valence-electron chi connectivity index (χ1n) is 10.1. The molecule has 0 saturated carbocycles. The van der Waals surface area contributed by atoms with Crippen molar-refractivity contribution in [1.82, 2.24) is 24.3 Å². The van der Waals surface area contributed by atoms with Gasteiger partial charge < -0.3 is 4.74 Å². The van der Waals surface area contributed by atoms with Crippen LogP contribution in [0.4, 0.5) is 0 Å². The molecule has 170 valence electrons. The summed E-state index contributed by atoms with van der Waals surface area (Å²) >= 11 is 1.53. The lowest BCUT2D eigenvalue weighted by molar-refractivity contribution is -0.149. The maximum absolute atomic E-state index is 13.2. The van der Waals surface area contributed by atoms with Crippen LogP contribution in [0.1, 0.15) is 24.0 Å². The third kappa shape index (κ3) is 4.58. The lowest BCUT2D eigenvalue weighted by Gasteiger charge is -2.31. The maximum Gasteiger partial charge on any atom is 0.260 e. The molecule has 1 saturated heterocycles. The normalized spacial score (nSPS) is 15.7. The minimum Gasteiger partial charge on any atom is -0.473 e. The molecule has 1 aliphatic heterocycles. The van der Waals surface area contributed by atoms with Gasteiger partial charge in [-0.25, -0.2) is 28.4 Å². The molecule has 3 aromatic rings. The van der Waals surface area contributed by atoms with Gasteiger partial charge in [0.2, 0.25) is 12.3 Å². The van der Waals surface area contributed by atoms with Gasteiger partial charge in [0, 0.05) is 19.3 Å². The van der Waals surface area contributed by atoms with Crippen LogP contribution in [0.25, 0.3) is 10.2 Å². The number of piperidine rings is 1. The number of ether oxygens (including phenoxy) is 1. The van der Waals surface area contributed by atoms with E-state index in [1.807, 2.05) is 12.3 Å². The second-order valence-electron chi connectivity index (χ2n) is 7.48. The molecule has 0 aliphatic carbocycles. The Hall–Kier alpha value is -2.67. The fraction of sp³-hybridized carbons (Fsp3) is 0.400. The highest BCUT2D eigenvalue weighted by Crippen LogP contribution is 2.32. The summed E-state index contributed by atoms with van der Waals surface area (Å²) in [5.74, 6) is 0.533. The first-order valence-corrected chi connectivity index (χ1v) is 12.4. The summed E-state index contributed by atoms with van der Waals surface area (Å²) in [6.45, 7) is 2.55. The number of aryl methyl sites for hydroxylation is 1.